The molecule has 0 unspecified atom stereocenters. The van der Waals surface area contributed by atoms with E-state index in [0.717, 1.165) is 11.6 Å². The fourth-order valence-corrected chi connectivity index (χ4v) is 2.28. The first kappa shape index (κ1) is 17.3. The third-order valence-corrected chi connectivity index (χ3v) is 3.38. The molecule has 128 valence electrons. The SMILES string of the molecule is COc1cc(CNc2cccc(F)c2[N+](=O)[O-])cc(OC)c1OC. The van der Waals surface area contributed by atoms with Crippen LogP contribution in [0.15, 0.2) is 30.3 Å². The number of benzene rings is 2. The summed E-state index contributed by atoms with van der Waals surface area (Å²) >= 11 is 0. The Labute approximate surface area is 138 Å². The van der Waals surface area contributed by atoms with Crippen molar-refractivity contribution in [2.45, 2.75) is 6.54 Å². The van der Waals surface area contributed by atoms with Crippen LogP contribution in [0, 0.1) is 15.9 Å². The fraction of sp³-hybridized carbons (Fsp3) is 0.250. The minimum Gasteiger partial charge on any atom is -0.493 e. The molecule has 2 aromatic carbocycles. The minimum atomic E-state index is -0.894. The topological polar surface area (TPSA) is 82.9 Å². The highest BCUT2D eigenvalue weighted by Gasteiger charge is 2.20. The van der Waals surface area contributed by atoms with Crippen LogP contribution in [0.25, 0.3) is 0 Å². The maximum absolute atomic E-state index is 13.6. The van der Waals surface area contributed by atoms with Crippen LogP contribution in [0.2, 0.25) is 0 Å². The fourth-order valence-electron chi connectivity index (χ4n) is 2.28. The number of hydrogen-bond donors (Lipinski definition) is 1. The van der Waals surface area contributed by atoms with E-state index < -0.39 is 16.4 Å². The molecule has 0 saturated carbocycles. The van der Waals surface area contributed by atoms with Gasteiger partial charge in [0.1, 0.15) is 5.69 Å². The van der Waals surface area contributed by atoms with Crippen molar-refractivity contribution >= 4 is 11.4 Å². The smallest absolute Gasteiger partial charge is 0.327 e. The molecular formula is C16H17FN2O5. The third-order valence-electron chi connectivity index (χ3n) is 3.38. The van der Waals surface area contributed by atoms with Crippen molar-refractivity contribution in [1.82, 2.24) is 0 Å². The summed E-state index contributed by atoms with van der Waals surface area (Å²) in [5.41, 5.74) is 0.224. The molecule has 0 spiro atoms. The van der Waals surface area contributed by atoms with Gasteiger partial charge in [-0.2, -0.15) is 4.39 Å². The molecule has 1 N–H and O–H groups in total. The lowest BCUT2D eigenvalue weighted by Gasteiger charge is -2.15. The van der Waals surface area contributed by atoms with E-state index in [4.69, 9.17) is 14.2 Å². The molecule has 2 rings (SSSR count). The average molecular weight is 336 g/mol. The van der Waals surface area contributed by atoms with Gasteiger partial charge in [0.25, 0.3) is 0 Å². The summed E-state index contributed by atoms with van der Waals surface area (Å²) in [6.07, 6.45) is 0. The zero-order valence-electron chi connectivity index (χ0n) is 13.5. The first-order valence-corrected chi connectivity index (χ1v) is 6.97. The van der Waals surface area contributed by atoms with E-state index in [0.29, 0.717) is 17.2 Å². The predicted octanol–water partition coefficient (Wildman–Crippen LogP) is 3.37. The van der Waals surface area contributed by atoms with Crippen LogP contribution in [0.5, 0.6) is 17.2 Å². The molecule has 0 aliphatic carbocycles. The van der Waals surface area contributed by atoms with Crippen LogP contribution in [0.4, 0.5) is 15.8 Å². The molecule has 0 heterocycles. The van der Waals surface area contributed by atoms with E-state index in [2.05, 4.69) is 5.32 Å². The lowest BCUT2D eigenvalue weighted by atomic mass is 10.1. The highest BCUT2D eigenvalue weighted by molar-refractivity contribution is 5.62. The number of anilines is 1. The van der Waals surface area contributed by atoms with E-state index in [1.807, 2.05) is 0 Å². The third kappa shape index (κ3) is 3.48. The van der Waals surface area contributed by atoms with Gasteiger partial charge >= 0.3 is 5.69 Å². The molecule has 0 fully saturated rings. The summed E-state index contributed by atoms with van der Waals surface area (Å²) < 4.78 is 29.4. The molecule has 0 saturated heterocycles. The molecule has 2 aromatic rings. The van der Waals surface area contributed by atoms with Gasteiger partial charge in [-0.1, -0.05) is 6.07 Å². The van der Waals surface area contributed by atoms with Gasteiger partial charge < -0.3 is 19.5 Å². The first-order valence-electron chi connectivity index (χ1n) is 6.97. The second-order valence-corrected chi connectivity index (χ2v) is 4.78. The van der Waals surface area contributed by atoms with Gasteiger partial charge in [-0.25, -0.2) is 0 Å². The standard InChI is InChI=1S/C16H17FN2O5/c1-22-13-7-10(8-14(23-2)16(13)24-3)9-18-12-6-4-5-11(17)15(12)19(20)21/h4-8,18H,9H2,1-3H3. The number of nitrogens with one attached hydrogen (secondary N) is 1. The number of ether oxygens (including phenoxy) is 3. The van der Waals surface area contributed by atoms with Crippen molar-refractivity contribution in [2.24, 2.45) is 0 Å². The average Bonchev–Trinajstić information content (AvgIpc) is 2.58. The van der Waals surface area contributed by atoms with Gasteiger partial charge in [-0.05, 0) is 29.8 Å². The Morgan fingerprint density at radius 2 is 1.75 bits per heavy atom. The lowest BCUT2D eigenvalue weighted by Crippen LogP contribution is -2.05. The van der Waals surface area contributed by atoms with Gasteiger partial charge in [0, 0.05) is 6.54 Å². The molecule has 8 heteroatoms. The van der Waals surface area contributed by atoms with Crippen molar-refractivity contribution in [1.29, 1.82) is 0 Å². The zero-order valence-corrected chi connectivity index (χ0v) is 13.5. The number of halogens is 1. The Morgan fingerprint density at radius 3 is 2.25 bits per heavy atom. The number of para-hydroxylation sites is 1. The Morgan fingerprint density at radius 1 is 1.12 bits per heavy atom. The molecule has 0 amide bonds. The summed E-state index contributed by atoms with van der Waals surface area (Å²) in [6, 6.07) is 7.31. The molecule has 0 bridgehead atoms. The van der Waals surface area contributed by atoms with Crippen molar-refractivity contribution in [2.75, 3.05) is 26.6 Å². The van der Waals surface area contributed by atoms with E-state index >= 15 is 0 Å². The quantitative estimate of drug-likeness (QED) is 0.616. The second-order valence-electron chi connectivity index (χ2n) is 4.78. The van der Waals surface area contributed by atoms with Crippen LogP contribution in [-0.4, -0.2) is 26.3 Å². The molecule has 0 aliphatic rings. The van der Waals surface area contributed by atoms with Gasteiger partial charge in [-0.3, -0.25) is 10.1 Å². The van der Waals surface area contributed by atoms with Crippen LogP contribution < -0.4 is 19.5 Å². The highest BCUT2D eigenvalue weighted by Crippen LogP contribution is 2.38. The molecule has 7 nitrogen and oxygen atoms in total. The van der Waals surface area contributed by atoms with E-state index in [1.54, 1.807) is 12.1 Å². The minimum absolute atomic E-state index is 0.0914. The van der Waals surface area contributed by atoms with E-state index in [-0.39, 0.29) is 12.2 Å². The van der Waals surface area contributed by atoms with Crippen LogP contribution in [0.1, 0.15) is 5.56 Å². The first-order chi connectivity index (χ1) is 11.5. The summed E-state index contributed by atoms with van der Waals surface area (Å²) in [4.78, 5) is 10.3. The summed E-state index contributed by atoms with van der Waals surface area (Å²) in [6.45, 7) is 0.209. The van der Waals surface area contributed by atoms with Crippen molar-refractivity contribution in [3.63, 3.8) is 0 Å². The number of rotatable bonds is 7. The molecule has 0 atom stereocenters. The number of hydrogen-bond acceptors (Lipinski definition) is 6. The van der Waals surface area contributed by atoms with E-state index in [1.165, 1.54) is 33.5 Å². The maximum Gasteiger partial charge on any atom is 0.327 e. The van der Waals surface area contributed by atoms with Crippen molar-refractivity contribution in [3.8, 4) is 17.2 Å². The lowest BCUT2D eigenvalue weighted by molar-refractivity contribution is -0.386. The largest absolute Gasteiger partial charge is 0.493 e. The molecule has 24 heavy (non-hydrogen) atoms. The predicted molar refractivity (Wildman–Crippen MR) is 86.5 cm³/mol. The number of methoxy groups -OCH3 is 3. The van der Waals surface area contributed by atoms with Crippen LogP contribution in [-0.2, 0) is 6.54 Å². The Kier molecular flexibility index (Phi) is 5.41. The van der Waals surface area contributed by atoms with Gasteiger partial charge in [0.05, 0.1) is 26.3 Å². The Hall–Kier alpha value is -3.03. The summed E-state index contributed by atoms with van der Waals surface area (Å²) in [5, 5.41) is 13.9. The van der Waals surface area contributed by atoms with Gasteiger partial charge in [-0.15, -0.1) is 0 Å². The molecule has 0 aromatic heterocycles. The van der Waals surface area contributed by atoms with Gasteiger partial charge in [0.2, 0.25) is 11.6 Å². The molecular weight excluding hydrogens is 319 g/mol. The number of nitrogens with zero attached hydrogens (tertiary/aromatic N) is 1. The van der Waals surface area contributed by atoms with Crippen LogP contribution >= 0.6 is 0 Å². The van der Waals surface area contributed by atoms with Crippen molar-refractivity contribution < 1.29 is 23.5 Å². The zero-order chi connectivity index (χ0) is 17.7. The molecule has 0 radical (unpaired) electrons. The second kappa shape index (κ2) is 7.49. The maximum atomic E-state index is 13.6. The van der Waals surface area contributed by atoms with Crippen molar-refractivity contribution in [3.05, 3.63) is 51.8 Å². The van der Waals surface area contributed by atoms with Gasteiger partial charge in [0.15, 0.2) is 11.5 Å². The number of nitro groups is 1. The van der Waals surface area contributed by atoms with Crippen LogP contribution in [0.3, 0.4) is 0 Å². The van der Waals surface area contributed by atoms with E-state index in [9.17, 15) is 14.5 Å². The summed E-state index contributed by atoms with van der Waals surface area (Å²) in [5.74, 6) is 0.472. The normalized spacial score (nSPS) is 10.2. The number of nitro benzene ring substituents is 1. The highest BCUT2D eigenvalue weighted by atomic mass is 19.1. The monoisotopic (exact) mass is 336 g/mol. The summed E-state index contributed by atoms with van der Waals surface area (Å²) in [7, 11) is 4.48. The molecule has 0 aliphatic heterocycles. The Bertz CT molecular complexity index is 726. The Balaban J connectivity index is 2.30.